The third-order valence-electron chi connectivity index (χ3n) is 4.62. The molecule has 0 aliphatic heterocycles. The van der Waals surface area contributed by atoms with Crippen molar-refractivity contribution in [2.75, 3.05) is 13.1 Å². The lowest BCUT2D eigenvalue weighted by molar-refractivity contribution is -0.116. The molecule has 0 spiro atoms. The summed E-state index contributed by atoms with van der Waals surface area (Å²) in [6.07, 6.45) is 6.35. The van der Waals surface area contributed by atoms with Crippen molar-refractivity contribution in [1.82, 2.24) is 5.32 Å². The summed E-state index contributed by atoms with van der Waals surface area (Å²) in [5.74, 6) is 0.769. The largest absolute Gasteiger partial charge is 0.366 e. The van der Waals surface area contributed by atoms with Crippen LogP contribution in [0.25, 0.3) is 0 Å². The summed E-state index contributed by atoms with van der Waals surface area (Å²) < 4.78 is 6.62. The van der Waals surface area contributed by atoms with Crippen LogP contribution in [0.1, 0.15) is 64.5 Å². The van der Waals surface area contributed by atoms with Gasteiger partial charge >= 0.3 is 0 Å². The summed E-state index contributed by atoms with van der Waals surface area (Å²) in [4.78, 5) is 0. The van der Waals surface area contributed by atoms with E-state index < -0.39 is 0 Å². The number of nitrogens with one attached hydrogen (secondary N) is 1. The molecule has 2 heteroatoms. The normalized spacial score (nSPS) is 27.5. The zero-order valence-electron chi connectivity index (χ0n) is 13.9. The molecule has 0 amide bonds. The maximum atomic E-state index is 6.62. The predicted molar refractivity (Wildman–Crippen MR) is 89.5 cm³/mol. The molecule has 0 heterocycles. The highest BCUT2D eigenvalue weighted by Crippen LogP contribution is 2.38. The van der Waals surface area contributed by atoms with Crippen LogP contribution in [0.4, 0.5) is 0 Å². The van der Waals surface area contributed by atoms with Crippen molar-refractivity contribution in [2.45, 2.75) is 64.6 Å². The Balaban J connectivity index is 2.04. The van der Waals surface area contributed by atoms with Gasteiger partial charge in [-0.2, -0.15) is 0 Å². The minimum absolute atomic E-state index is 0.0160. The Bertz CT molecular complexity index is 405. The number of hydrogen-bond donors (Lipinski definition) is 1. The third-order valence-corrected chi connectivity index (χ3v) is 4.62. The monoisotopic (exact) mass is 289 g/mol. The maximum absolute atomic E-state index is 6.62. The van der Waals surface area contributed by atoms with Crippen LogP contribution in [0.2, 0.25) is 0 Å². The SMILES string of the molecule is CCCNCC1(OC(C)c2ccccc2)CCCC(C)C1. The first-order valence-electron chi connectivity index (χ1n) is 8.59. The topological polar surface area (TPSA) is 21.3 Å². The number of rotatable bonds is 7. The summed E-state index contributed by atoms with van der Waals surface area (Å²) in [6, 6.07) is 10.6. The Kier molecular flexibility index (Phi) is 6.25. The number of benzene rings is 1. The smallest absolute Gasteiger partial charge is 0.0817 e. The molecule has 3 unspecified atom stereocenters. The van der Waals surface area contributed by atoms with Gasteiger partial charge in [-0.05, 0) is 44.2 Å². The molecule has 3 atom stereocenters. The molecule has 1 aromatic rings. The maximum Gasteiger partial charge on any atom is 0.0817 e. The second kappa shape index (κ2) is 7.95. The Morgan fingerprint density at radius 2 is 2.10 bits per heavy atom. The van der Waals surface area contributed by atoms with E-state index in [9.17, 15) is 0 Å². The fraction of sp³-hybridized carbons (Fsp3) is 0.684. The average molecular weight is 289 g/mol. The van der Waals surface area contributed by atoms with E-state index in [4.69, 9.17) is 4.74 Å². The Morgan fingerprint density at radius 3 is 2.76 bits per heavy atom. The fourth-order valence-electron chi connectivity index (χ4n) is 3.58. The van der Waals surface area contributed by atoms with Crippen molar-refractivity contribution < 1.29 is 4.74 Å². The van der Waals surface area contributed by atoms with Crippen LogP contribution in [-0.2, 0) is 4.74 Å². The van der Waals surface area contributed by atoms with Crippen molar-refractivity contribution in [3.8, 4) is 0 Å². The summed E-state index contributed by atoms with van der Waals surface area (Å²) in [6.45, 7) is 8.85. The minimum Gasteiger partial charge on any atom is -0.366 e. The van der Waals surface area contributed by atoms with Crippen molar-refractivity contribution >= 4 is 0 Å². The van der Waals surface area contributed by atoms with E-state index in [0.717, 1.165) is 19.0 Å². The van der Waals surface area contributed by atoms with Crippen LogP contribution in [0.3, 0.4) is 0 Å². The first-order chi connectivity index (χ1) is 10.2. The molecule has 1 N–H and O–H groups in total. The molecule has 1 aromatic carbocycles. The second-order valence-corrected chi connectivity index (χ2v) is 6.73. The molecule has 1 aliphatic rings. The molecule has 118 valence electrons. The molecule has 2 rings (SSSR count). The van der Waals surface area contributed by atoms with Crippen LogP contribution in [-0.4, -0.2) is 18.7 Å². The van der Waals surface area contributed by atoms with Gasteiger partial charge in [0.05, 0.1) is 11.7 Å². The van der Waals surface area contributed by atoms with Crippen LogP contribution in [0.15, 0.2) is 30.3 Å². The van der Waals surface area contributed by atoms with E-state index in [1.807, 2.05) is 0 Å². The number of ether oxygens (including phenoxy) is 1. The standard InChI is InChI=1S/C19H31NO/c1-4-13-20-15-19(12-8-9-16(2)14-19)21-17(3)18-10-6-5-7-11-18/h5-7,10-11,16-17,20H,4,8-9,12-15H2,1-3H3. The fourth-order valence-corrected chi connectivity index (χ4v) is 3.58. The molecule has 21 heavy (non-hydrogen) atoms. The molecule has 1 saturated carbocycles. The summed E-state index contributed by atoms with van der Waals surface area (Å²) in [5, 5.41) is 3.60. The molecule has 0 aromatic heterocycles. The minimum atomic E-state index is 0.0160. The quantitative estimate of drug-likeness (QED) is 0.734. The Morgan fingerprint density at radius 1 is 1.33 bits per heavy atom. The van der Waals surface area contributed by atoms with Crippen molar-refractivity contribution in [2.24, 2.45) is 5.92 Å². The van der Waals surface area contributed by atoms with Crippen molar-refractivity contribution in [3.05, 3.63) is 35.9 Å². The van der Waals surface area contributed by atoms with E-state index in [2.05, 4.69) is 56.4 Å². The highest BCUT2D eigenvalue weighted by molar-refractivity contribution is 5.17. The van der Waals surface area contributed by atoms with E-state index in [-0.39, 0.29) is 11.7 Å². The average Bonchev–Trinajstić information content (AvgIpc) is 2.48. The van der Waals surface area contributed by atoms with E-state index in [0.29, 0.717) is 0 Å². The van der Waals surface area contributed by atoms with Crippen molar-refractivity contribution in [3.63, 3.8) is 0 Å². The molecule has 0 radical (unpaired) electrons. The molecule has 1 fully saturated rings. The van der Waals surface area contributed by atoms with Gasteiger partial charge in [0.2, 0.25) is 0 Å². The van der Waals surface area contributed by atoms with Crippen LogP contribution < -0.4 is 5.32 Å². The van der Waals surface area contributed by atoms with E-state index in [1.54, 1.807) is 0 Å². The first-order valence-corrected chi connectivity index (χ1v) is 8.59. The van der Waals surface area contributed by atoms with Gasteiger partial charge < -0.3 is 10.1 Å². The van der Waals surface area contributed by atoms with E-state index in [1.165, 1.54) is 37.7 Å². The van der Waals surface area contributed by atoms with Gasteiger partial charge in [-0.25, -0.2) is 0 Å². The van der Waals surface area contributed by atoms with Gasteiger partial charge in [0, 0.05) is 6.54 Å². The number of hydrogen-bond acceptors (Lipinski definition) is 2. The molecule has 1 aliphatic carbocycles. The highest BCUT2D eigenvalue weighted by atomic mass is 16.5. The zero-order chi connectivity index (χ0) is 15.1. The second-order valence-electron chi connectivity index (χ2n) is 6.73. The van der Waals surface area contributed by atoms with Gasteiger partial charge in [-0.1, -0.05) is 57.0 Å². The summed E-state index contributed by atoms with van der Waals surface area (Å²) >= 11 is 0. The lowest BCUT2D eigenvalue weighted by Crippen LogP contribution is -2.47. The molecule has 0 saturated heterocycles. The highest BCUT2D eigenvalue weighted by Gasteiger charge is 2.37. The zero-order valence-corrected chi connectivity index (χ0v) is 13.9. The van der Waals surface area contributed by atoms with Crippen LogP contribution >= 0.6 is 0 Å². The lowest BCUT2D eigenvalue weighted by atomic mass is 9.78. The van der Waals surface area contributed by atoms with Gasteiger partial charge in [0.1, 0.15) is 0 Å². The molecular weight excluding hydrogens is 258 g/mol. The molecular formula is C19H31NO. The Hall–Kier alpha value is -0.860. The first kappa shape index (κ1) is 16.5. The van der Waals surface area contributed by atoms with E-state index >= 15 is 0 Å². The summed E-state index contributed by atoms with van der Waals surface area (Å²) in [5.41, 5.74) is 1.30. The molecule has 2 nitrogen and oxygen atoms in total. The van der Waals surface area contributed by atoms with Crippen LogP contribution in [0.5, 0.6) is 0 Å². The summed E-state index contributed by atoms with van der Waals surface area (Å²) in [7, 11) is 0. The lowest BCUT2D eigenvalue weighted by Gasteiger charge is -2.42. The Labute approximate surface area is 130 Å². The molecule has 0 bridgehead atoms. The van der Waals surface area contributed by atoms with Crippen molar-refractivity contribution in [1.29, 1.82) is 0 Å². The van der Waals surface area contributed by atoms with Gasteiger partial charge in [0.25, 0.3) is 0 Å². The third kappa shape index (κ3) is 4.82. The predicted octanol–water partition coefficient (Wildman–Crippen LogP) is 4.71. The van der Waals surface area contributed by atoms with Gasteiger partial charge in [-0.3, -0.25) is 0 Å². The van der Waals surface area contributed by atoms with Crippen LogP contribution in [0, 0.1) is 5.92 Å². The van der Waals surface area contributed by atoms with Gasteiger partial charge in [-0.15, -0.1) is 0 Å². The van der Waals surface area contributed by atoms with Gasteiger partial charge in [0.15, 0.2) is 0 Å².